The molecule has 0 radical (unpaired) electrons. The Morgan fingerprint density at radius 1 is 1.55 bits per heavy atom. The summed E-state index contributed by atoms with van der Waals surface area (Å²) >= 11 is 0. The highest BCUT2D eigenvalue weighted by atomic mass is 16.5. The van der Waals surface area contributed by atoms with Crippen LogP contribution < -0.4 is 0 Å². The van der Waals surface area contributed by atoms with Gasteiger partial charge in [0.2, 0.25) is 0 Å². The van der Waals surface area contributed by atoms with Gasteiger partial charge in [-0.2, -0.15) is 0 Å². The molecule has 0 saturated carbocycles. The lowest BCUT2D eigenvalue weighted by atomic mass is 10.0. The maximum Gasteiger partial charge on any atom is 0.161 e. The predicted octanol–water partition coefficient (Wildman–Crippen LogP) is 2.15. The molecule has 0 aliphatic rings. The van der Waals surface area contributed by atoms with E-state index in [4.69, 9.17) is 4.74 Å². The summed E-state index contributed by atoms with van der Waals surface area (Å²) in [6.07, 6.45) is 3.85. The fraction of sp³-hybridized carbons (Fsp3) is 0.667. The van der Waals surface area contributed by atoms with Gasteiger partial charge in [0.25, 0.3) is 0 Å². The molecule has 2 nitrogen and oxygen atoms in total. The summed E-state index contributed by atoms with van der Waals surface area (Å²) in [6.45, 7) is 6.41. The van der Waals surface area contributed by atoms with Crippen LogP contribution in [0, 0.1) is 5.92 Å². The van der Waals surface area contributed by atoms with Crippen molar-refractivity contribution in [3.05, 3.63) is 12.3 Å². The maximum absolute atomic E-state index is 11.1. The molecule has 1 unspecified atom stereocenters. The summed E-state index contributed by atoms with van der Waals surface area (Å²) in [5.41, 5.74) is 0. The smallest absolute Gasteiger partial charge is 0.161 e. The molecule has 0 aromatic carbocycles. The van der Waals surface area contributed by atoms with Crippen molar-refractivity contribution in [3.8, 4) is 0 Å². The molecule has 2 heteroatoms. The number of allylic oxidation sites excluding steroid dienone is 1. The van der Waals surface area contributed by atoms with E-state index in [-0.39, 0.29) is 11.7 Å². The van der Waals surface area contributed by atoms with Crippen LogP contribution in [0.1, 0.15) is 27.2 Å². The Labute approximate surface area is 68.2 Å². The molecule has 0 heterocycles. The van der Waals surface area contributed by atoms with E-state index in [9.17, 15) is 4.79 Å². The number of carbonyl (C=O) groups excluding carboxylic acids is 1. The first-order valence-electron chi connectivity index (χ1n) is 4.04. The number of rotatable bonds is 5. The van der Waals surface area contributed by atoms with E-state index in [0.717, 1.165) is 6.42 Å². The molecular formula is C9H16O2. The Morgan fingerprint density at radius 3 is 2.64 bits per heavy atom. The van der Waals surface area contributed by atoms with Crippen LogP contribution in [-0.4, -0.2) is 12.4 Å². The quantitative estimate of drug-likeness (QED) is 0.450. The van der Waals surface area contributed by atoms with Gasteiger partial charge in [-0.3, -0.25) is 4.79 Å². The monoisotopic (exact) mass is 156 g/mol. The average Bonchev–Trinajstić information content (AvgIpc) is 2.03. The van der Waals surface area contributed by atoms with Crippen LogP contribution in [-0.2, 0) is 9.53 Å². The second-order valence-corrected chi connectivity index (χ2v) is 2.47. The molecule has 0 fully saturated rings. The number of ether oxygens (including phenoxy) is 1. The molecule has 0 aromatic rings. The third-order valence-corrected chi connectivity index (χ3v) is 1.59. The maximum atomic E-state index is 11.1. The highest BCUT2D eigenvalue weighted by Gasteiger charge is 2.05. The number of carbonyl (C=O) groups is 1. The van der Waals surface area contributed by atoms with Gasteiger partial charge in [0.1, 0.15) is 0 Å². The minimum atomic E-state index is 0.117. The fourth-order valence-corrected chi connectivity index (χ4v) is 0.577. The minimum Gasteiger partial charge on any atom is -0.501 e. The third kappa shape index (κ3) is 4.59. The Hall–Kier alpha value is -0.790. The SMILES string of the molecule is CCO/C=C/C(=O)C(C)CC. The van der Waals surface area contributed by atoms with Gasteiger partial charge in [0.15, 0.2) is 5.78 Å². The molecule has 0 amide bonds. The van der Waals surface area contributed by atoms with E-state index in [0.29, 0.717) is 6.61 Å². The van der Waals surface area contributed by atoms with Crippen molar-refractivity contribution in [2.75, 3.05) is 6.61 Å². The highest BCUT2D eigenvalue weighted by Crippen LogP contribution is 2.02. The van der Waals surface area contributed by atoms with Gasteiger partial charge < -0.3 is 4.74 Å². The van der Waals surface area contributed by atoms with Crippen LogP contribution in [0.5, 0.6) is 0 Å². The zero-order chi connectivity index (χ0) is 8.69. The summed E-state index contributed by atoms with van der Waals surface area (Å²) in [4.78, 5) is 11.1. The van der Waals surface area contributed by atoms with Crippen molar-refractivity contribution in [2.45, 2.75) is 27.2 Å². The molecule has 0 aliphatic carbocycles. The number of hydrogen-bond donors (Lipinski definition) is 0. The van der Waals surface area contributed by atoms with Crippen LogP contribution in [0.25, 0.3) is 0 Å². The van der Waals surface area contributed by atoms with E-state index in [1.54, 1.807) is 0 Å². The highest BCUT2D eigenvalue weighted by molar-refractivity contribution is 5.91. The van der Waals surface area contributed by atoms with Gasteiger partial charge in [-0.1, -0.05) is 13.8 Å². The van der Waals surface area contributed by atoms with Crippen LogP contribution in [0.4, 0.5) is 0 Å². The van der Waals surface area contributed by atoms with E-state index < -0.39 is 0 Å². The average molecular weight is 156 g/mol. The lowest BCUT2D eigenvalue weighted by Crippen LogP contribution is -2.05. The third-order valence-electron chi connectivity index (χ3n) is 1.59. The summed E-state index contributed by atoms with van der Waals surface area (Å²) in [5, 5.41) is 0. The van der Waals surface area contributed by atoms with Gasteiger partial charge >= 0.3 is 0 Å². The number of ketones is 1. The molecule has 11 heavy (non-hydrogen) atoms. The van der Waals surface area contributed by atoms with Crippen molar-refractivity contribution < 1.29 is 9.53 Å². The summed E-state index contributed by atoms with van der Waals surface area (Å²) in [7, 11) is 0. The molecule has 1 atom stereocenters. The van der Waals surface area contributed by atoms with Crippen molar-refractivity contribution in [2.24, 2.45) is 5.92 Å². The normalized spacial score (nSPS) is 13.4. The van der Waals surface area contributed by atoms with Crippen molar-refractivity contribution in [1.82, 2.24) is 0 Å². The summed E-state index contributed by atoms with van der Waals surface area (Å²) < 4.78 is 4.90. The van der Waals surface area contributed by atoms with Gasteiger partial charge in [0, 0.05) is 12.0 Å². The standard InChI is InChI=1S/C9H16O2/c1-4-8(3)9(10)6-7-11-5-2/h6-8H,4-5H2,1-3H3/b7-6+. The zero-order valence-corrected chi connectivity index (χ0v) is 7.46. The second kappa shape index (κ2) is 5.96. The lowest BCUT2D eigenvalue weighted by molar-refractivity contribution is -0.117. The van der Waals surface area contributed by atoms with Crippen LogP contribution >= 0.6 is 0 Å². The van der Waals surface area contributed by atoms with E-state index in [2.05, 4.69) is 0 Å². The predicted molar refractivity (Wildman–Crippen MR) is 45.2 cm³/mol. The fourth-order valence-electron chi connectivity index (χ4n) is 0.577. The largest absolute Gasteiger partial charge is 0.501 e. The summed E-state index contributed by atoms with van der Waals surface area (Å²) in [5.74, 6) is 0.257. The Balaban J connectivity index is 3.67. The molecular weight excluding hydrogens is 140 g/mol. The van der Waals surface area contributed by atoms with Gasteiger partial charge in [0.05, 0.1) is 12.9 Å². The van der Waals surface area contributed by atoms with Gasteiger partial charge in [-0.25, -0.2) is 0 Å². The van der Waals surface area contributed by atoms with Crippen molar-refractivity contribution >= 4 is 5.78 Å². The van der Waals surface area contributed by atoms with Crippen molar-refractivity contribution in [3.63, 3.8) is 0 Å². The molecule has 0 saturated heterocycles. The van der Waals surface area contributed by atoms with E-state index >= 15 is 0 Å². The Morgan fingerprint density at radius 2 is 2.18 bits per heavy atom. The topological polar surface area (TPSA) is 26.3 Å². The first-order chi connectivity index (χ1) is 5.22. The minimum absolute atomic E-state index is 0.117. The van der Waals surface area contributed by atoms with Crippen LogP contribution in [0.15, 0.2) is 12.3 Å². The molecule has 0 rings (SSSR count). The Bertz CT molecular complexity index is 138. The van der Waals surface area contributed by atoms with Gasteiger partial charge in [-0.05, 0) is 13.3 Å². The first-order valence-corrected chi connectivity index (χ1v) is 4.04. The second-order valence-electron chi connectivity index (χ2n) is 2.47. The van der Waals surface area contributed by atoms with E-state index in [1.165, 1.54) is 12.3 Å². The van der Waals surface area contributed by atoms with Crippen molar-refractivity contribution in [1.29, 1.82) is 0 Å². The molecule has 64 valence electrons. The Kier molecular flexibility index (Phi) is 5.53. The van der Waals surface area contributed by atoms with Crippen LogP contribution in [0.2, 0.25) is 0 Å². The first kappa shape index (κ1) is 10.2. The molecule has 0 aliphatic heterocycles. The molecule has 0 spiro atoms. The number of hydrogen-bond acceptors (Lipinski definition) is 2. The molecule has 0 bridgehead atoms. The van der Waals surface area contributed by atoms with E-state index in [1.807, 2.05) is 20.8 Å². The molecule has 0 N–H and O–H groups in total. The lowest BCUT2D eigenvalue weighted by Gasteiger charge is -2.01. The summed E-state index contributed by atoms with van der Waals surface area (Å²) in [6, 6.07) is 0. The molecule has 0 aromatic heterocycles. The van der Waals surface area contributed by atoms with Crippen LogP contribution in [0.3, 0.4) is 0 Å². The zero-order valence-electron chi connectivity index (χ0n) is 7.46. The van der Waals surface area contributed by atoms with Gasteiger partial charge in [-0.15, -0.1) is 0 Å².